The van der Waals surface area contributed by atoms with Crippen LogP contribution < -0.4 is 0 Å². The zero-order chi connectivity index (χ0) is 18.6. The second-order valence-electron chi connectivity index (χ2n) is 5.83. The zero-order valence-corrected chi connectivity index (χ0v) is 11.9. The van der Waals surface area contributed by atoms with Gasteiger partial charge in [-0.2, -0.15) is 26.3 Å². The summed E-state index contributed by atoms with van der Waals surface area (Å²) in [6, 6.07) is 0. The van der Waals surface area contributed by atoms with Gasteiger partial charge in [-0.1, -0.05) is 13.3 Å². The van der Waals surface area contributed by atoms with E-state index in [2.05, 4.69) is 0 Å². The summed E-state index contributed by atoms with van der Waals surface area (Å²) in [5, 5.41) is 9.14. The van der Waals surface area contributed by atoms with E-state index in [-0.39, 0.29) is 6.92 Å². The lowest BCUT2D eigenvalue weighted by molar-refractivity contribution is -0.401. The Bertz CT molecular complexity index is 419. The minimum absolute atomic E-state index is 0.0108. The van der Waals surface area contributed by atoms with Crippen LogP contribution in [-0.4, -0.2) is 34.9 Å². The van der Waals surface area contributed by atoms with Crippen LogP contribution in [-0.2, 0) is 0 Å². The predicted molar refractivity (Wildman–Crippen MR) is 58.0 cm³/mol. The summed E-state index contributed by atoms with van der Waals surface area (Å²) in [5.41, 5.74) is -5.77. The molecule has 3 unspecified atom stereocenters. The molecule has 0 aromatic heterocycles. The molecule has 138 valence electrons. The van der Waals surface area contributed by atoms with Gasteiger partial charge in [-0.3, -0.25) is 0 Å². The molecule has 23 heavy (non-hydrogen) atoms. The van der Waals surface area contributed by atoms with Gasteiger partial charge in [0.2, 0.25) is 0 Å². The number of hydrogen-bond acceptors (Lipinski definition) is 1. The molecule has 0 aromatic carbocycles. The van der Waals surface area contributed by atoms with E-state index >= 15 is 0 Å². The van der Waals surface area contributed by atoms with Crippen LogP contribution in [0, 0.1) is 17.8 Å². The first-order valence-corrected chi connectivity index (χ1v) is 6.53. The van der Waals surface area contributed by atoms with Crippen LogP contribution in [0.1, 0.15) is 26.7 Å². The normalized spacial score (nSPS) is 29.9. The third kappa shape index (κ3) is 3.00. The smallest absolute Gasteiger partial charge is 0.373 e. The summed E-state index contributed by atoms with van der Waals surface area (Å²) in [5.74, 6) is -17.8. The molecule has 0 heterocycles. The van der Waals surface area contributed by atoms with Gasteiger partial charge in [0.25, 0.3) is 17.4 Å². The quantitative estimate of drug-likeness (QED) is 0.714. The zero-order valence-electron chi connectivity index (χ0n) is 11.9. The Balaban J connectivity index is 3.53. The molecule has 0 spiro atoms. The topological polar surface area (TPSA) is 20.2 Å². The molecule has 0 saturated heterocycles. The summed E-state index contributed by atoms with van der Waals surface area (Å²) >= 11 is 0. The second kappa shape index (κ2) is 5.38. The van der Waals surface area contributed by atoms with Crippen molar-refractivity contribution in [3.8, 4) is 0 Å². The van der Waals surface area contributed by atoms with Crippen LogP contribution in [0.15, 0.2) is 0 Å². The van der Waals surface area contributed by atoms with Crippen molar-refractivity contribution < 1.29 is 49.0 Å². The lowest BCUT2D eigenvalue weighted by atomic mass is 9.80. The monoisotopic (exact) mass is 364 g/mol. The third-order valence-corrected chi connectivity index (χ3v) is 4.33. The van der Waals surface area contributed by atoms with Crippen LogP contribution in [0.2, 0.25) is 0 Å². The number of hydrogen-bond donors (Lipinski definition) is 1. The SMILES string of the molecule is CCC1CC(C(O)(C(F)(F)F)C(F)(F)F)C(F)(F)C1C(C)(F)F. The van der Waals surface area contributed by atoms with E-state index in [4.69, 9.17) is 5.11 Å². The maximum atomic E-state index is 14.1. The number of halogens is 10. The summed E-state index contributed by atoms with van der Waals surface area (Å²) in [4.78, 5) is 0. The Morgan fingerprint density at radius 1 is 0.957 bits per heavy atom. The Morgan fingerprint density at radius 2 is 1.35 bits per heavy atom. The van der Waals surface area contributed by atoms with Gasteiger partial charge in [-0.25, -0.2) is 17.6 Å². The van der Waals surface area contributed by atoms with Gasteiger partial charge in [-0.05, 0) is 19.3 Å². The predicted octanol–water partition coefficient (Wildman–Crippen LogP) is 4.79. The maximum Gasteiger partial charge on any atom is 0.426 e. The van der Waals surface area contributed by atoms with Crippen molar-refractivity contribution in [2.75, 3.05) is 0 Å². The van der Waals surface area contributed by atoms with Gasteiger partial charge in [0.1, 0.15) is 0 Å². The van der Waals surface area contributed by atoms with E-state index in [1.807, 2.05) is 0 Å². The van der Waals surface area contributed by atoms with E-state index < -0.39 is 60.4 Å². The first-order valence-electron chi connectivity index (χ1n) is 6.53. The molecule has 11 heteroatoms. The highest BCUT2D eigenvalue weighted by Crippen LogP contribution is 2.63. The first kappa shape index (κ1) is 20.3. The lowest BCUT2D eigenvalue weighted by Crippen LogP contribution is -2.65. The Hall–Kier alpha value is -0.740. The first-order chi connectivity index (χ1) is 9.92. The fourth-order valence-electron chi connectivity index (χ4n) is 3.29. The van der Waals surface area contributed by atoms with Gasteiger partial charge in [0.15, 0.2) is 0 Å². The van der Waals surface area contributed by atoms with Gasteiger partial charge in [0, 0.05) is 0 Å². The summed E-state index contributed by atoms with van der Waals surface area (Å²) < 4.78 is 132. The fourth-order valence-corrected chi connectivity index (χ4v) is 3.29. The van der Waals surface area contributed by atoms with Crippen molar-refractivity contribution in [2.45, 2.75) is 56.5 Å². The molecular weight excluding hydrogens is 350 g/mol. The number of rotatable bonds is 3. The van der Waals surface area contributed by atoms with Crippen LogP contribution in [0.4, 0.5) is 43.9 Å². The van der Waals surface area contributed by atoms with Crippen molar-refractivity contribution in [3.05, 3.63) is 0 Å². The molecule has 0 radical (unpaired) electrons. The number of aliphatic hydroxyl groups is 1. The minimum Gasteiger partial charge on any atom is -0.373 e. The summed E-state index contributed by atoms with van der Waals surface area (Å²) in [6.45, 7) is 1.11. The van der Waals surface area contributed by atoms with Crippen molar-refractivity contribution in [2.24, 2.45) is 17.8 Å². The molecule has 1 aliphatic carbocycles. The molecule has 1 aliphatic rings. The molecule has 3 atom stereocenters. The van der Waals surface area contributed by atoms with E-state index in [9.17, 15) is 43.9 Å². The van der Waals surface area contributed by atoms with E-state index in [0.29, 0.717) is 0 Å². The second-order valence-corrected chi connectivity index (χ2v) is 5.83. The van der Waals surface area contributed by atoms with Gasteiger partial charge >= 0.3 is 12.4 Å². The molecule has 0 aliphatic heterocycles. The van der Waals surface area contributed by atoms with Crippen LogP contribution >= 0.6 is 0 Å². The highest BCUT2D eigenvalue weighted by atomic mass is 19.4. The Labute approximate surface area is 124 Å². The molecule has 1 rings (SSSR count). The summed E-state index contributed by atoms with van der Waals surface area (Å²) in [6.07, 6.45) is -15.0. The highest BCUT2D eigenvalue weighted by Gasteiger charge is 2.82. The highest BCUT2D eigenvalue weighted by molar-refractivity contribution is 5.12. The van der Waals surface area contributed by atoms with Crippen LogP contribution in [0.25, 0.3) is 0 Å². The summed E-state index contributed by atoms with van der Waals surface area (Å²) in [7, 11) is 0. The molecule has 1 fully saturated rings. The van der Waals surface area contributed by atoms with Crippen LogP contribution in [0.3, 0.4) is 0 Å². The van der Waals surface area contributed by atoms with Gasteiger partial charge in [-0.15, -0.1) is 0 Å². The van der Waals surface area contributed by atoms with Crippen LogP contribution in [0.5, 0.6) is 0 Å². The Kier molecular flexibility index (Phi) is 4.75. The van der Waals surface area contributed by atoms with Gasteiger partial charge in [0.05, 0.1) is 11.8 Å². The maximum absolute atomic E-state index is 14.1. The molecule has 0 bridgehead atoms. The van der Waals surface area contributed by atoms with Crippen molar-refractivity contribution in [1.29, 1.82) is 0 Å². The van der Waals surface area contributed by atoms with Crippen molar-refractivity contribution >= 4 is 0 Å². The van der Waals surface area contributed by atoms with Gasteiger partial charge < -0.3 is 5.11 Å². The lowest BCUT2D eigenvalue weighted by Gasteiger charge is -2.40. The average Bonchev–Trinajstić information content (AvgIpc) is 2.55. The average molecular weight is 364 g/mol. The van der Waals surface area contributed by atoms with E-state index in [1.54, 1.807) is 0 Å². The molecule has 0 amide bonds. The minimum atomic E-state index is -6.49. The molecule has 1 N–H and O–H groups in total. The van der Waals surface area contributed by atoms with Crippen molar-refractivity contribution in [1.82, 2.24) is 0 Å². The molecule has 1 nitrogen and oxygen atoms in total. The standard InChI is InChI=1S/C12H14F10O/c1-3-5-4-6(9(15,16)7(5)8(2,13)14)10(23,11(17,18)19)12(20,21)22/h5-7,23H,3-4H2,1-2H3. The van der Waals surface area contributed by atoms with E-state index in [0.717, 1.165) is 6.92 Å². The molecule has 1 saturated carbocycles. The van der Waals surface area contributed by atoms with E-state index in [1.165, 1.54) is 0 Å². The van der Waals surface area contributed by atoms with Crippen molar-refractivity contribution in [3.63, 3.8) is 0 Å². The molecular formula is C12H14F10O. The Morgan fingerprint density at radius 3 is 1.57 bits per heavy atom. The third-order valence-electron chi connectivity index (χ3n) is 4.33. The molecule has 0 aromatic rings. The largest absolute Gasteiger partial charge is 0.426 e. The fraction of sp³-hybridized carbons (Fsp3) is 1.00. The number of alkyl halides is 10.